The summed E-state index contributed by atoms with van der Waals surface area (Å²) in [7, 11) is 0. The highest BCUT2D eigenvalue weighted by molar-refractivity contribution is 5.09. The highest BCUT2D eigenvalue weighted by atomic mass is 19.1. The average molecular weight is 211 g/mol. The van der Waals surface area contributed by atoms with Crippen LogP contribution < -0.4 is 10.6 Å². The number of pyridine rings is 1. The van der Waals surface area contributed by atoms with Gasteiger partial charge in [0.25, 0.3) is 0 Å². The Hall–Kier alpha value is -1.00. The Morgan fingerprint density at radius 2 is 2.07 bits per heavy atom. The minimum Gasteiger partial charge on any atom is -0.317 e. The van der Waals surface area contributed by atoms with Crippen LogP contribution >= 0.6 is 0 Å². The fourth-order valence-corrected chi connectivity index (χ4v) is 1.30. The molecule has 0 aliphatic carbocycles. The minimum atomic E-state index is -0.276. The van der Waals surface area contributed by atoms with Gasteiger partial charge >= 0.3 is 0 Å². The van der Waals surface area contributed by atoms with Crippen LogP contribution in [0.5, 0.6) is 0 Å². The van der Waals surface area contributed by atoms with Gasteiger partial charge in [0.05, 0.1) is 6.20 Å². The highest BCUT2D eigenvalue weighted by Crippen LogP contribution is 1.99. The molecule has 1 rings (SSSR count). The smallest absolute Gasteiger partial charge is 0.141 e. The van der Waals surface area contributed by atoms with Gasteiger partial charge < -0.3 is 10.6 Å². The molecule has 1 aromatic heterocycles. The zero-order chi connectivity index (χ0) is 10.9. The summed E-state index contributed by atoms with van der Waals surface area (Å²) in [6, 6.07) is 1.50. The Kier molecular flexibility index (Phi) is 5.88. The lowest BCUT2D eigenvalue weighted by Crippen LogP contribution is -2.21. The Bertz CT molecular complexity index is 278. The van der Waals surface area contributed by atoms with E-state index in [1.165, 1.54) is 12.3 Å². The first-order valence-corrected chi connectivity index (χ1v) is 5.33. The van der Waals surface area contributed by atoms with Crippen molar-refractivity contribution in [1.82, 2.24) is 15.6 Å². The molecule has 0 aliphatic heterocycles. The van der Waals surface area contributed by atoms with Gasteiger partial charge in [0, 0.05) is 12.7 Å². The topological polar surface area (TPSA) is 37.0 Å². The Balaban J connectivity index is 2.10. The van der Waals surface area contributed by atoms with E-state index in [4.69, 9.17) is 0 Å². The van der Waals surface area contributed by atoms with E-state index in [1.807, 2.05) is 0 Å². The third-order valence-corrected chi connectivity index (χ3v) is 2.05. The molecule has 0 aromatic carbocycles. The maximum Gasteiger partial charge on any atom is 0.141 e. The van der Waals surface area contributed by atoms with Crippen molar-refractivity contribution in [3.63, 3.8) is 0 Å². The van der Waals surface area contributed by atoms with Crippen LogP contribution in [-0.4, -0.2) is 24.6 Å². The van der Waals surface area contributed by atoms with Gasteiger partial charge in [-0.25, -0.2) is 4.39 Å². The summed E-state index contributed by atoms with van der Waals surface area (Å²) in [6.07, 6.45) is 3.98. The van der Waals surface area contributed by atoms with Crippen molar-refractivity contribution in [2.24, 2.45) is 0 Å². The lowest BCUT2D eigenvalue weighted by atomic mass is 10.3. The van der Waals surface area contributed by atoms with Gasteiger partial charge in [-0.3, -0.25) is 4.98 Å². The first-order chi connectivity index (χ1) is 7.33. The third kappa shape index (κ3) is 5.44. The van der Waals surface area contributed by atoms with Gasteiger partial charge in [-0.2, -0.15) is 0 Å². The summed E-state index contributed by atoms with van der Waals surface area (Å²) in [6.45, 7) is 5.73. The molecule has 0 amide bonds. The Morgan fingerprint density at radius 3 is 2.80 bits per heavy atom. The predicted molar refractivity (Wildman–Crippen MR) is 59.1 cm³/mol. The number of nitrogens with one attached hydrogen (secondary N) is 2. The van der Waals surface area contributed by atoms with Crippen LogP contribution in [0.25, 0.3) is 0 Å². The van der Waals surface area contributed by atoms with E-state index in [9.17, 15) is 4.39 Å². The number of aromatic nitrogens is 1. The van der Waals surface area contributed by atoms with Gasteiger partial charge in [0.15, 0.2) is 0 Å². The van der Waals surface area contributed by atoms with E-state index in [1.54, 1.807) is 6.20 Å². The molecule has 0 unspecified atom stereocenters. The normalized spacial score (nSPS) is 10.5. The van der Waals surface area contributed by atoms with Crippen molar-refractivity contribution in [1.29, 1.82) is 0 Å². The monoisotopic (exact) mass is 211 g/mol. The van der Waals surface area contributed by atoms with Crippen molar-refractivity contribution in [2.75, 3.05) is 19.6 Å². The molecule has 1 heterocycles. The van der Waals surface area contributed by atoms with Gasteiger partial charge in [0.2, 0.25) is 0 Å². The molecule has 3 nitrogen and oxygen atoms in total. The van der Waals surface area contributed by atoms with Gasteiger partial charge in [-0.1, -0.05) is 6.92 Å². The van der Waals surface area contributed by atoms with Crippen molar-refractivity contribution in [3.05, 3.63) is 29.8 Å². The summed E-state index contributed by atoms with van der Waals surface area (Å²) in [5.74, 6) is -0.276. The molecule has 0 bridgehead atoms. The molecule has 0 saturated carbocycles. The summed E-state index contributed by atoms with van der Waals surface area (Å²) >= 11 is 0. The Morgan fingerprint density at radius 1 is 1.27 bits per heavy atom. The van der Waals surface area contributed by atoms with E-state index < -0.39 is 0 Å². The van der Waals surface area contributed by atoms with E-state index in [0.29, 0.717) is 6.54 Å². The quantitative estimate of drug-likeness (QED) is 0.668. The van der Waals surface area contributed by atoms with Crippen molar-refractivity contribution < 1.29 is 4.39 Å². The van der Waals surface area contributed by atoms with Crippen molar-refractivity contribution in [3.8, 4) is 0 Å². The van der Waals surface area contributed by atoms with E-state index >= 15 is 0 Å². The predicted octanol–water partition coefficient (Wildman–Crippen LogP) is 1.31. The second kappa shape index (κ2) is 7.31. The first-order valence-electron chi connectivity index (χ1n) is 5.33. The summed E-state index contributed by atoms with van der Waals surface area (Å²) in [5.41, 5.74) is 0.887. The van der Waals surface area contributed by atoms with Gasteiger partial charge in [0.1, 0.15) is 5.82 Å². The molecule has 15 heavy (non-hydrogen) atoms. The SMILES string of the molecule is CCNCCCNCc1cncc(F)c1. The third-order valence-electron chi connectivity index (χ3n) is 2.05. The zero-order valence-corrected chi connectivity index (χ0v) is 9.09. The maximum absolute atomic E-state index is 12.7. The number of nitrogens with zero attached hydrogens (tertiary/aromatic N) is 1. The maximum atomic E-state index is 12.7. The molecule has 1 aromatic rings. The zero-order valence-electron chi connectivity index (χ0n) is 9.09. The fourth-order valence-electron chi connectivity index (χ4n) is 1.30. The Labute approximate surface area is 90.1 Å². The second-order valence-corrected chi connectivity index (χ2v) is 3.40. The molecule has 4 heteroatoms. The van der Waals surface area contributed by atoms with Crippen LogP contribution in [0.2, 0.25) is 0 Å². The molecule has 84 valence electrons. The van der Waals surface area contributed by atoms with E-state index in [2.05, 4.69) is 22.5 Å². The van der Waals surface area contributed by atoms with E-state index in [0.717, 1.165) is 31.6 Å². The standard InChI is InChI=1S/C11H18FN3/c1-2-13-4-3-5-14-7-10-6-11(12)9-15-8-10/h6,8-9,13-14H,2-5,7H2,1H3. The molecule has 0 atom stereocenters. The molecule has 0 spiro atoms. The number of halogens is 1. The molecule has 0 radical (unpaired) electrons. The lowest BCUT2D eigenvalue weighted by molar-refractivity contribution is 0.595. The lowest BCUT2D eigenvalue weighted by Gasteiger charge is -2.04. The van der Waals surface area contributed by atoms with Gasteiger partial charge in [-0.05, 0) is 37.7 Å². The molecular formula is C11H18FN3. The van der Waals surface area contributed by atoms with Crippen molar-refractivity contribution in [2.45, 2.75) is 19.9 Å². The summed E-state index contributed by atoms with van der Waals surface area (Å²) < 4.78 is 12.7. The van der Waals surface area contributed by atoms with Crippen LogP contribution in [0.3, 0.4) is 0 Å². The average Bonchev–Trinajstić information content (AvgIpc) is 2.23. The molecule has 0 aliphatic rings. The highest BCUT2D eigenvalue weighted by Gasteiger charge is 1.95. The van der Waals surface area contributed by atoms with Crippen LogP contribution in [0, 0.1) is 5.82 Å². The molecule has 2 N–H and O–H groups in total. The fraction of sp³-hybridized carbons (Fsp3) is 0.545. The molecular weight excluding hydrogens is 193 g/mol. The first kappa shape index (κ1) is 12.1. The summed E-state index contributed by atoms with van der Waals surface area (Å²) in [4.78, 5) is 3.79. The number of hydrogen-bond donors (Lipinski definition) is 2. The largest absolute Gasteiger partial charge is 0.317 e. The molecule has 0 saturated heterocycles. The minimum absolute atomic E-state index is 0.276. The number of hydrogen-bond acceptors (Lipinski definition) is 3. The van der Waals surface area contributed by atoms with Crippen LogP contribution in [0.1, 0.15) is 18.9 Å². The van der Waals surface area contributed by atoms with E-state index in [-0.39, 0.29) is 5.82 Å². The van der Waals surface area contributed by atoms with Crippen molar-refractivity contribution >= 4 is 0 Å². The van der Waals surface area contributed by atoms with Crippen LogP contribution in [-0.2, 0) is 6.54 Å². The number of rotatable bonds is 7. The van der Waals surface area contributed by atoms with Crippen LogP contribution in [0.4, 0.5) is 4.39 Å². The van der Waals surface area contributed by atoms with Gasteiger partial charge in [-0.15, -0.1) is 0 Å². The van der Waals surface area contributed by atoms with Crippen LogP contribution in [0.15, 0.2) is 18.5 Å². The second-order valence-electron chi connectivity index (χ2n) is 3.40. The molecule has 0 fully saturated rings. The summed E-state index contributed by atoms with van der Waals surface area (Å²) in [5, 5.41) is 6.48.